The number of nitrogens with one attached hydrogen (secondary N) is 1. The van der Waals surface area contributed by atoms with Gasteiger partial charge in [0.05, 0.1) is 17.9 Å². The molecule has 0 aliphatic carbocycles. The van der Waals surface area contributed by atoms with Crippen molar-refractivity contribution in [3.63, 3.8) is 0 Å². The summed E-state index contributed by atoms with van der Waals surface area (Å²) in [5.74, 6) is -0.0687. The van der Waals surface area contributed by atoms with Crippen LogP contribution in [0.3, 0.4) is 0 Å². The number of amides is 1. The molecular weight excluding hydrogens is 345 g/mol. The van der Waals surface area contributed by atoms with E-state index < -0.39 is 5.82 Å². The molecule has 1 aromatic heterocycles. The molecule has 0 atom stereocenters. The van der Waals surface area contributed by atoms with Crippen LogP contribution in [0.5, 0.6) is 5.75 Å². The number of hydrogen-bond acceptors (Lipinski definition) is 3. The van der Waals surface area contributed by atoms with Gasteiger partial charge in [0.1, 0.15) is 5.15 Å². The number of carbonyl (C=O) groups is 1. The summed E-state index contributed by atoms with van der Waals surface area (Å²) in [6, 6.07) is 6.23. The minimum Gasteiger partial charge on any atom is -0.490 e. The van der Waals surface area contributed by atoms with Crippen molar-refractivity contribution < 1.29 is 13.9 Å². The molecule has 1 aromatic carbocycles. The molecule has 7 heteroatoms. The summed E-state index contributed by atoms with van der Waals surface area (Å²) in [4.78, 5) is 12.3. The first-order valence-electron chi connectivity index (χ1n) is 8.28. The van der Waals surface area contributed by atoms with Gasteiger partial charge in [0.2, 0.25) is 0 Å². The van der Waals surface area contributed by atoms with Crippen molar-refractivity contribution in [1.29, 1.82) is 0 Å². The van der Waals surface area contributed by atoms with Crippen molar-refractivity contribution >= 4 is 17.5 Å². The summed E-state index contributed by atoms with van der Waals surface area (Å²) >= 11 is 6.28. The topological polar surface area (TPSA) is 56.2 Å². The fraction of sp³-hybridized carbons (Fsp3) is 0.444. The number of para-hydroxylation sites is 1. The van der Waals surface area contributed by atoms with E-state index in [4.69, 9.17) is 16.3 Å². The first kappa shape index (κ1) is 19.2. The lowest BCUT2D eigenvalue weighted by Gasteiger charge is -2.08. The second-order valence-corrected chi connectivity index (χ2v) is 6.57. The minimum atomic E-state index is -0.397. The van der Waals surface area contributed by atoms with E-state index in [9.17, 15) is 9.18 Å². The zero-order chi connectivity index (χ0) is 18.4. The zero-order valence-electron chi connectivity index (χ0n) is 14.7. The Kier molecular flexibility index (Phi) is 6.82. The SMILES string of the molecule is Cc1nn(CC(C)C)c(Cl)c1C(=O)NCCCOc1ccccc1F. The third-order valence-electron chi connectivity index (χ3n) is 3.53. The van der Waals surface area contributed by atoms with Crippen LogP contribution in [0.4, 0.5) is 4.39 Å². The third kappa shape index (κ3) is 5.19. The molecule has 2 aromatic rings. The highest BCUT2D eigenvalue weighted by atomic mass is 35.5. The Hall–Kier alpha value is -2.08. The largest absolute Gasteiger partial charge is 0.490 e. The van der Waals surface area contributed by atoms with Crippen LogP contribution in [0, 0.1) is 18.7 Å². The molecule has 1 N–H and O–H groups in total. The van der Waals surface area contributed by atoms with Crippen molar-refractivity contribution in [3.8, 4) is 5.75 Å². The molecule has 0 radical (unpaired) electrons. The predicted molar refractivity (Wildman–Crippen MR) is 95.7 cm³/mol. The molecule has 1 amide bonds. The molecule has 2 rings (SSSR count). The zero-order valence-corrected chi connectivity index (χ0v) is 15.4. The van der Waals surface area contributed by atoms with E-state index in [1.807, 2.05) is 0 Å². The van der Waals surface area contributed by atoms with E-state index in [-0.39, 0.29) is 11.7 Å². The fourth-order valence-electron chi connectivity index (χ4n) is 2.38. The number of rotatable bonds is 8. The van der Waals surface area contributed by atoms with E-state index in [0.29, 0.717) is 48.4 Å². The number of halogens is 2. The fourth-order valence-corrected chi connectivity index (χ4v) is 2.71. The van der Waals surface area contributed by atoms with E-state index >= 15 is 0 Å². The molecule has 0 saturated heterocycles. The molecule has 0 aliphatic rings. The maximum Gasteiger partial charge on any atom is 0.256 e. The molecule has 136 valence electrons. The van der Waals surface area contributed by atoms with Gasteiger partial charge in [-0.3, -0.25) is 9.48 Å². The number of nitrogens with zero attached hydrogens (tertiary/aromatic N) is 2. The van der Waals surface area contributed by atoms with Gasteiger partial charge in [0.15, 0.2) is 11.6 Å². The van der Waals surface area contributed by atoms with Gasteiger partial charge in [-0.1, -0.05) is 37.6 Å². The maximum atomic E-state index is 13.4. The van der Waals surface area contributed by atoms with Gasteiger partial charge in [-0.05, 0) is 31.4 Å². The van der Waals surface area contributed by atoms with Gasteiger partial charge in [-0.2, -0.15) is 5.10 Å². The lowest BCUT2D eigenvalue weighted by molar-refractivity contribution is 0.0951. The Morgan fingerprint density at radius 1 is 1.40 bits per heavy atom. The van der Waals surface area contributed by atoms with Gasteiger partial charge >= 0.3 is 0 Å². The Morgan fingerprint density at radius 2 is 2.12 bits per heavy atom. The number of aromatic nitrogens is 2. The van der Waals surface area contributed by atoms with Gasteiger partial charge in [-0.25, -0.2) is 4.39 Å². The van der Waals surface area contributed by atoms with Crippen LogP contribution in [-0.2, 0) is 6.54 Å². The number of aryl methyl sites for hydroxylation is 1. The average molecular weight is 368 g/mol. The van der Waals surface area contributed by atoms with Gasteiger partial charge in [0.25, 0.3) is 5.91 Å². The molecule has 1 heterocycles. The van der Waals surface area contributed by atoms with Crippen LogP contribution in [-0.4, -0.2) is 28.8 Å². The summed E-state index contributed by atoms with van der Waals surface area (Å²) in [7, 11) is 0. The Morgan fingerprint density at radius 3 is 2.80 bits per heavy atom. The minimum absolute atomic E-state index is 0.211. The van der Waals surface area contributed by atoms with Crippen molar-refractivity contribution in [1.82, 2.24) is 15.1 Å². The normalized spacial score (nSPS) is 11.0. The van der Waals surface area contributed by atoms with E-state index in [2.05, 4.69) is 24.3 Å². The molecule has 0 bridgehead atoms. The third-order valence-corrected chi connectivity index (χ3v) is 3.92. The van der Waals surface area contributed by atoms with Crippen molar-refractivity contribution in [2.75, 3.05) is 13.2 Å². The lowest BCUT2D eigenvalue weighted by Crippen LogP contribution is -2.26. The van der Waals surface area contributed by atoms with Crippen molar-refractivity contribution in [3.05, 3.63) is 46.5 Å². The molecule has 0 fully saturated rings. The highest BCUT2D eigenvalue weighted by molar-refractivity contribution is 6.33. The first-order valence-corrected chi connectivity index (χ1v) is 8.66. The highest BCUT2D eigenvalue weighted by Gasteiger charge is 2.20. The second kappa shape index (κ2) is 8.85. The monoisotopic (exact) mass is 367 g/mol. The Bertz CT molecular complexity index is 731. The predicted octanol–water partition coefficient (Wildman–Crippen LogP) is 3.84. The van der Waals surface area contributed by atoms with Gasteiger partial charge in [0, 0.05) is 13.1 Å². The smallest absolute Gasteiger partial charge is 0.256 e. The lowest BCUT2D eigenvalue weighted by atomic mass is 10.2. The molecule has 5 nitrogen and oxygen atoms in total. The van der Waals surface area contributed by atoms with Crippen LogP contribution in [0.2, 0.25) is 5.15 Å². The average Bonchev–Trinajstić information content (AvgIpc) is 2.82. The van der Waals surface area contributed by atoms with E-state index in [0.717, 1.165) is 0 Å². The van der Waals surface area contributed by atoms with Crippen LogP contribution in [0.1, 0.15) is 36.3 Å². The molecule has 0 spiro atoms. The van der Waals surface area contributed by atoms with Crippen molar-refractivity contribution in [2.45, 2.75) is 33.7 Å². The second-order valence-electron chi connectivity index (χ2n) is 6.22. The molecule has 25 heavy (non-hydrogen) atoms. The van der Waals surface area contributed by atoms with Crippen LogP contribution >= 0.6 is 11.6 Å². The summed E-state index contributed by atoms with van der Waals surface area (Å²) in [5.41, 5.74) is 1.00. The van der Waals surface area contributed by atoms with Crippen LogP contribution < -0.4 is 10.1 Å². The number of ether oxygens (including phenoxy) is 1. The van der Waals surface area contributed by atoms with Crippen molar-refractivity contribution in [2.24, 2.45) is 5.92 Å². The maximum absolute atomic E-state index is 13.4. The Labute approximate surface area is 152 Å². The first-order chi connectivity index (χ1) is 11.9. The van der Waals surface area contributed by atoms with Gasteiger partial charge < -0.3 is 10.1 Å². The van der Waals surface area contributed by atoms with E-state index in [1.54, 1.807) is 29.8 Å². The number of benzene rings is 1. The molecule has 0 aliphatic heterocycles. The van der Waals surface area contributed by atoms with E-state index in [1.165, 1.54) is 6.07 Å². The quantitative estimate of drug-likeness (QED) is 0.721. The van der Waals surface area contributed by atoms with Crippen LogP contribution in [0.15, 0.2) is 24.3 Å². The highest BCUT2D eigenvalue weighted by Crippen LogP contribution is 2.21. The summed E-state index contributed by atoms with van der Waals surface area (Å²) in [6.07, 6.45) is 0.552. The molecular formula is C18H23ClFN3O2. The number of carbonyl (C=O) groups excluding carboxylic acids is 1. The molecule has 0 unspecified atom stereocenters. The summed E-state index contributed by atoms with van der Waals surface area (Å²) in [5, 5.41) is 7.47. The standard InChI is InChI=1S/C18H23ClFN3O2/c1-12(2)11-23-17(19)16(13(3)22-23)18(24)21-9-6-10-25-15-8-5-4-7-14(15)20/h4-5,7-8,12H,6,9-11H2,1-3H3,(H,21,24). The summed E-state index contributed by atoms with van der Waals surface area (Å²) < 4.78 is 20.4. The van der Waals surface area contributed by atoms with Gasteiger partial charge in [-0.15, -0.1) is 0 Å². The number of hydrogen-bond donors (Lipinski definition) is 1. The Balaban J connectivity index is 1.83. The summed E-state index contributed by atoms with van der Waals surface area (Å²) in [6.45, 7) is 7.24. The molecule has 0 saturated carbocycles. The van der Waals surface area contributed by atoms with Crippen LogP contribution in [0.25, 0.3) is 0 Å².